The van der Waals surface area contributed by atoms with Crippen molar-refractivity contribution in [1.29, 1.82) is 0 Å². The van der Waals surface area contributed by atoms with E-state index in [1.54, 1.807) is 6.08 Å². The van der Waals surface area contributed by atoms with Crippen molar-refractivity contribution >= 4 is 11.9 Å². The van der Waals surface area contributed by atoms with E-state index >= 15 is 0 Å². The second kappa shape index (κ2) is 6.37. The minimum atomic E-state index is -1.23. The van der Waals surface area contributed by atoms with Crippen LogP contribution in [0.2, 0.25) is 0 Å². The summed E-state index contributed by atoms with van der Waals surface area (Å²) < 4.78 is 0. The molecule has 0 heterocycles. The van der Waals surface area contributed by atoms with Gasteiger partial charge in [0.05, 0.1) is 11.1 Å². The van der Waals surface area contributed by atoms with E-state index in [9.17, 15) is 9.59 Å². The number of aromatic carboxylic acids is 2. The van der Waals surface area contributed by atoms with Gasteiger partial charge in [0.15, 0.2) is 0 Å². The summed E-state index contributed by atoms with van der Waals surface area (Å²) in [4.78, 5) is 20.9. The topological polar surface area (TPSA) is 74.6 Å². The van der Waals surface area contributed by atoms with Crippen molar-refractivity contribution in [3.8, 4) is 0 Å². The Morgan fingerprint density at radius 2 is 1.40 bits per heavy atom. The zero-order valence-electron chi connectivity index (χ0n) is 8.30. The van der Waals surface area contributed by atoms with Crippen LogP contribution in [-0.4, -0.2) is 22.2 Å². The lowest BCUT2D eigenvalue weighted by Crippen LogP contribution is -2.06. The number of benzene rings is 1. The molecule has 0 unspecified atom stereocenters. The van der Waals surface area contributed by atoms with Gasteiger partial charge in [0.1, 0.15) is 0 Å². The maximum atomic E-state index is 10.5. The first-order valence-corrected chi connectivity index (χ1v) is 4.17. The summed E-state index contributed by atoms with van der Waals surface area (Å²) in [5.74, 6) is -2.46. The van der Waals surface area contributed by atoms with Crippen molar-refractivity contribution in [1.82, 2.24) is 0 Å². The lowest BCUT2D eigenvalue weighted by Gasteiger charge is -1.98. The molecule has 0 saturated carbocycles. The van der Waals surface area contributed by atoms with Crippen LogP contribution < -0.4 is 0 Å². The van der Waals surface area contributed by atoms with E-state index < -0.39 is 11.9 Å². The number of carbonyl (C=O) groups is 2. The molecule has 0 atom stereocenters. The highest BCUT2D eigenvalue weighted by Gasteiger charge is 2.13. The maximum absolute atomic E-state index is 10.5. The Balaban J connectivity index is 0.000000583. The normalized spacial score (nSPS) is 8.33. The first-order chi connectivity index (χ1) is 7.04. The summed E-state index contributed by atoms with van der Waals surface area (Å²) >= 11 is 0. The van der Waals surface area contributed by atoms with Crippen molar-refractivity contribution in [3.63, 3.8) is 0 Å². The van der Waals surface area contributed by atoms with Crippen molar-refractivity contribution in [3.05, 3.63) is 48.0 Å². The van der Waals surface area contributed by atoms with Crippen LogP contribution in [0.25, 0.3) is 0 Å². The molecule has 1 aromatic rings. The highest BCUT2D eigenvalue weighted by molar-refractivity contribution is 6.01. The fourth-order valence-corrected chi connectivity index (χ4v) is 0.856. The van der Waals surface area contributed by atoms with Gasteiger partial charge in [-0.1, -0.05) is 18.2 Å². The molecular weight excluding hydrogens is 196 g/mol. The van der Waals surface area contributed by atoms with E-state index in [1.807, 2.05) is 6.92 Å². The number of carboxylic acids is 2. The molecule has 0 bridgehead atoms. The molecule has 80 valence electrons. The van der Waals surface area contributed by atoms with Crippen molar-refractivity contribution in [2.45, 2.75) is 6.92 Å². The molecule has 1 aromatic carbocycles. The van der Waals surface area contributed by atoms with Gasteiger partial charge < -0.3 is 10.2 Å². The number of allylic oxidation sites excluding steroid dienone is 1. The lowest BCUT2D eigenvalue weighted by molar-refractivity contribution is 0.0651. The summed E-state index contributed by atoms with van der Waals surface area (Å²) in [6, 6.07) is 5.48. The minimum absolute atomic E-state index is 0.190. The van der Waals surface area contributed by atoms with Gasteiger partial charge in [-0.05, 0) is 19.1 Å². The predicted octanol–water partition coefficient (Wildman–Crippen LogP) is 2.28. The van der Waals surface area contributed by atoms with Crippen LogP contribution >= 0.6 is 0 Å². The SMILES string of the molecule is C=CC.O=C(O)c1ccccc1C(=O)O. The van der Waals surface area contributed by atoms with Crippen LogP contribution in [0.15, 0.2) is 36.9 Å². The zero-order valence-corrected chi connectivity index (χ0v) is 8.30. The van der Waals surface area contributed by atoms with Crippen LogP contribution in [0.1, 0.15) is 27.6 Å². The van der Waals surface area contributed by atoms with Crippen LogP contribution in [0, 0.1) is 0 Å². The molecule has 0 spiro atoms. The van der Waals surface area contributed by atoms with Gasteiger partial charge in [-0.3, -0.25) is 0 Å². The van der Waals surface area contributed by atoms with Crippen LogP contribution in [0.5, 0.6) is 0 Å². The number of hydrogen-bond donors (Lipinski definition) is 2. The molecule has 0 fully saturated rings. The largest absolute Gasteiger partial charge is 0.478 e. The van der Waals surface area contributed by atoms with Gasteiger partial charge in [-0.2, -0.15) is 0 Å². The highest BCUT2D eigenvalue weighted by Crippen LogP contribution is 2.07. The van der Waals surface area contributed by atoms with E-state index in [0.717, 1.165) is 0 Å². The molecule has 0 amide bonds. The first-order valence-electron chi connectivity index (χ1n) is 4.17. The summed E-state index contributed by atoms with van der Waals surface area (Å²) in [6.07, 6.45) is 1.75. The second-order valence-electron chi connectivity index (χ2n) is 2.56. The summed E-state index contributed by atoms with van der Waals surface area (Å²) in [5, 5.41) is 17.1. The Morgan fingerprint density at radius 3 is 1.60 bits per heavy atom. The average molecular weight is 208 g/mol. The summed E-state index contributed by atoms with van der Waals surface area (Å²) in [5.41, 5.74) is -0.380. The van der Waals surface area contributed by atoms with Gasteiger partial charge in [0.25, 0.3) is 0 Å². The van der Waals surface area contributed by atoms with Gasteiger partial charge >= 0.3 is 11.9 Å². The molecule has 2 N–H and O–H groups in total. The Hall–Kier alpha value is -2.10. The van der Waals surface area contributed by atoms with Crippen molar-refractivity contribution in [2.75, 3.05) is 0 Å². The fourth-order valence-electron chi connectivity index (χ4n) is 0.856. The molecule has 0 radical (unpaired) electrons. The van der Waals surface area contributed by atoms with Gasteiger partial charge in [0.2, 0.25) is 0 Å². The van der Waals surface area contributed by atoms with Crippen molar-refractivity contribution in [2.24, 2.45) is 0 Å². The monoisotopic (exact) mass is 208 g/mol. The van der Waals surface area contributed by atoms with Crippen LogP contribution in [-0.2, 0) is 0 Å². The van der Waals surface area contributed by atoms with Crippen LogP contribution in [0.3, 0.4) is 0 Å². The quantitative estimate of drug-likeness (QED) is 0.731. The molecule has 0 aliphatic heterocycles. The molecule has 0 aromatic heterocycles. The molecule has 4 nitrogen and oxygen atoms in total. The molecule has 15 heavy (non-hydrogen) atoms. The molecule has 0 aliphatic carbocycles. The standard InChI is InChI=1S/C8H6O4.C3H6/c9-7(10)5-3-1-2-4-6(5)8(11)12;1-3-2/h1-4H,(H,9,10)(H,11,12);3H,1H2,2H3. The Kier molecular flexibility index (Phi) is 5.48. The Bertz CT molecular complexity index is 336. The first kappa shape index (κ1) is 12.9. The average Bonchev–Trinajstić information content (AvgIpc) is 2.19. The third kappa shape index (κ3) is 4.08. The second-order valence-corrected chi connectivity index (χ2v) is 2.56. The molecule has 1 rings (SSSR count). The van der Waals surface area contributed by atoms with E-state index in [0.29, 0.717) is 0 Å². The zero-order chi connectivity index (χ0) is 11.8. The number of rotatable bonds is 2. The third-order valence-electron chi connectivity index (χ3n) is 1.39. The van der Waals surface area contributed by atoms with E-state index in [4.69, 9.17) is 10.2 Å². The Morgan fingerprint density at radius 1 is 1.13 bits per heavy atom. The molecule has 4 heteroatoms. The third-order valence-corrected chi connectivity index (χ3v) is 1.39. The molecule has 0 saturated heterocycles. The predicted molar refractivity (Wildman–Crippen MR) is 56.2 cm³/mol. The van der Waals surface area contributed by atoms with Gasteiger partial charge in [-0.25, -0.2) is 9.59 Å². The Labute approximate surface area is 87.5 Å². The minimum Gasteiger partial charge on any atom is -0.478 e. The maximum Gasteiger partial charge on any atom is 0.336 e. The van der Waals surface area contributed by atoms with Crippen LogP contribution in [0.4, 0.5) is 0 Å². The van der Waals surface area contributed by atoms with E-state index in [-0.39, 0.29) is 11.1 Å². The fraction of sp³-hybridized carbons (Fsp3) is 0.0909. The number of carboxylic acid groups (broad SMARTS) is 2. The smallest absolute Gasteiger partial charge is 0.336 e. The molecular formula is C11H12O4. The molecule has 0 aliphatic rings. The summed E-state index contributed by atoms with van der Waals surface area (Å²) in [7, 11) is 0. The van der Waals surface area contributed by atoms with E-state index in [1.165, 1.54) is 24.3 Å². The van der Waals surface area contributed by atoms with E-state index in [2.05, 4.69) is 6.58 Å². The highest BCUT2D eigenvalue weighted by atomic mass is 16.4. The lowest BCUT2D eigenvalue weighted by atomic mass is 10.1. The van der Waals surface area contributed by atoms with Crippen molar-refractivity contribution < 1.29 is 19.8 Å². The van der Waals surface area contributed by atoms with Gasteiger partial charge in [0, 0.05) is 0 Å². The van der Waals surface area contributed by atoms with Gasteiger partial charge in [-0.15, -0.1) is 6.58 Å². The summed E-state index contributed by atoms with van der Waals surface area (Å²) in [6.45, 7) is 5.25. The number of hydrogen-bond acceptors (Lipinski definition) is 2.